The number of rotatable bonds is 6. The molecule has 7 rings (SSSR count). The molecule has 0 saturated carbocycles. The fourth-order valence-corrected chi connectivity index (χ4v) is 7.40. The van der Waals surface area contributed by atoms with E-state index in [1.54, 1.807) is 28.0 Å². The second kappa shape index (κ2) is 13.5. The Kier molecular flexibility index (Phi) is 9.02. The van der Waals surface area contributed by atoms with Gasteiger partial charge in [-0.1, -0.05) is 71.7 Å². The van der Waals surface area contributed by atoms with E-state index in [0.717, 1.165) is 27.7 Å². The Morgan fingerprint density at radius 1 is 0.854 bits per heavy atom. The highest BCUT2D eigenvalue weighted by molar-refractivity contribution is 6.42. The third-order valence-electron chi connectivity index (χ3n) is 9.60. The zero-order valence-electron chi connectivity index (χ0n) is 26.2. The van der Waals surface area contributed by atoms with Crippen molar-refractivity contribution in [2.24, 2.45) is 5.92 Å². The molecule has 2 fully saturated rings. The molecular formula is C36H35Cl2N5O5. The van der Waals surface area contributed by atoms with E-state index < -0.39 is 24.0 Å². The van der Waals surface area contributed by atoms with Gasteiger partial charge in [-0.05, 0) is 54.7 Å². The first kappa shape index (κ1) is 32.0. The standard InChI is InChI=1S/C36H35Cl2N5O5/c37-27-13-12-24(17-28(27)38)39-36(47)43-20-30-26(25-9-4-5-10-29(25)40-30)18-32(43)34(45)42-15-6-11-31(42)33(44)41-16-14-23(19-41)35(46)48-21-22-7-2-1-3-8-22/h1-5,7-10,12-13,17,23,31-32,40H,6,11,14-16,18-21H2,(H,39,47)/t23-,31+,32+/m0/s1. The molecule has 4 aromatic rings. The minimum Gasteiger partial charge on any atom is -0.461 e. The van der Waals surface area contributed by atoms with Crippen LogP contribution in [0.5, 0.6) is 0 Å². The topological polar surface area (TPSA) is 115 Å². The molecule has 2 saturated heterocycles. The Hall–Kier alpha value is -4.54. The van der Waals surface area contributed by atoms with E-state index >= 15 is 0 Å². The predicted molar refractivity (Wildman–Crippen MR) is 182 cm³/mol. The van der Waals surface area contributed by atoms with Crippen molar-refractivity contribution in [3.8, 4) is 0 Å². The summed E-state index contributed by atoms with van der Waals surface area (Å²) in [6.45, 7) is 1.45. The summed E-state index contributed by atoms with van der Waals surface area (Å²) in [5.41, 5.74) is 4.13. The number of halogens is 2. The SMILES string of the molecule is O=C(OCc1ccccc1)[C@H]1CCN(C(=O)[C@H]2CCCN2C(=O)[C@H]2Cc3c([nH]c4ccccc34)CN2C(=O)Nc2ccc(Cl)c(Cl)c2)C1. The zero-order valence-corrected chi connectivity index (χ0v) is 27.7. The number of hydrogen-bond acceptors (Lipinski definition) is 5. The molecule has 0 radical (unpaired) electrons. The summed E-state index contributed by atoms with van der Waals surface area (Å²) < 4.78 is 5.54. The average Bonchev–Trinajstić information content (AvgIpc) is 3.87. The number of hydrogen-bond donors (Lipinski definition) is 2. The van der Waals surface area contributed by atoms with Crippen molar-refractivity contribution in [2.75, 3.05) is 25.0 Å². The van der Waals surface area contributed by atoms with Crippen molar-refractivity contribution in [1.29, 1.82) is 0 Å². The Labute approximate surface area is 287 Å². The maximum Gasteiger partial charge on any atom is 0.322 e. The monoisotopic (exact) mass is 687 g/mol. The molecule has 3 aliphatic rings. The van der Waals surface area contributed by atoms with Crippen LogP contribution >= 0.6 is 23.2 Å². The van der Waals surface area contributed by atoms with Crippen molar-refractivity contribution < 1.29 is 23.9 Å². The molecule has 0 unspecified atom stereocenters. The molecule has 12 heteroatoms. The van der Waals surface area contributed by atoms with E-state index in [2.05, 4.69) is 10.3 Å². The van der Waals surface area contributed by atoms with Crippen LogP contribution in [-0.4, -0.2) is 75.2 Å². The lowest BCUT2D eigenvalue weighted by molar-refractivity contribution is -0.150. The smallest absolute Gasteiger partial charge is 0.322 e. The second-order valence-corrected chi connectivity index (χ2v) is 13.4. The molecule has 1 aromatic heterocycles. The van der Waals surface area contributed by atoms with Gasteiger partial charge in [0.2, 0.25) is 11.8 Å². The molecule has 248 valence electrons. The molecule has 0 aliphatic carbocycles. The van der Waals surface area contributed by atoms with Gasteiger partial charge in [-0.2, -0.15) is 0 Å². The predicted octanol–water partition coefficient (Wildman–Crippen LogP) is 6.02. The number of fused-ring (bicyclic) bond motifs is 3. The molecule has 48 heavy (non-hydrogen) atoms. The first-order valence-corrected chi connectivity index (χ1v) is 16.9. The van der Waals surface area contributed by atoms with E-state index in [9.17, 15) is 19.2 Å². The number of nitrogens with zero attached hydrogens (tertiary/aromatic N) is 3. The number of esters is 1. The highest BCUT2D eigenvalue weighted by Gasteiger charge is 2.45. The Morgan fingerprint density at radius 3 is 2.46 bits per heavy atom. The first-order chi connectivity index (χ1) is 23.3. The van der Waals surface area contributed by atoms with Crippen LogP contribution in [0.2, 0.25) is 10.0 Å². The number of para-hydroxylation sites is 1. The lowest BCUT2D eigenvalue weighted by Crippen LogP contribution is -2.57. The van der Waals surface area contributed by atoms with Gasteiger partial charge >= 0.3 is 12.0 Å². The van der Waals surface area contributed by atoms with Crippen LogP contribution in [0.15, 0.2) is 72.8 Å². The second-order valence-electron chi connectivity index (χ2n) is 12.6. The fourth-order valence-electron chi connectivity index (χ4n) is 7.10. The Bertz CT molecular complexity index is 1880. The van der Waals surface area contributed by atoms with E-state index in [4.69, 9.17) is 27.9 Å². The van der Waals surface area contributed by atoms with Crippen LogP contribution in [0.4, 0.5) is 10.5 Å². The largest absolute Gasteiger partial charge is 0.461 e. The van der Waals surface area contributed by atoms with Gasteiger partial charge in [0.15, 0.2) is 0 Å². The van der Waals surface area contributed by atoms with Crippen molar-refractivity contribution in [3.63, 3.8) is 0 Å². The van der Waals surface area contributed by atoms with Crippen LogP contribution in [0.3, 0.4) is 0 Å². The van der Waals surface area contributed by atoms with Gasteiger partial charge in [-0.15, -0.1) is 0 Å². The van der Waals surface area contributed by atoms with E-state index in [-0.39, 0.29) is 37.5 Å². The lowest BCUT2D eigenvalue weighted by Gasteiger charge is -2.38. The molecule has 3 aliphatic heterocycles. The quantitative estimate of drug-likeness (QED) is 0.241. The summed E-state index contributed by atoms with van der Waals surface area (Å²) in [5, 5.41) is 4.54. The van der Waals surface area contributed by atoms with Crippen LogP contribution in [0, 0.1) is 5.92 Å². The van der Waals surface area contributed by atoms with Crippen LogP contribution in [0.25, 0.3) is 10.9 Å². The van der Waals surface area contributed by atoms with E-state index in [0.29, 0.717) is 54.5 Å². The molecule has 0 bridgehead atoms. The summed E-state index contributed by atoms with van der Waals surface area (Å²) in [4.78, 5) is 63.3. The number of benzene rings is 3. The number of H-pyrrole nitrogens is 1. The number of carbonyl (C=O) groups excluding carboxylic acids is 4. The molecule has 4 heterocycles. The van der Waals surface area contributed by atoms with Crippen LogP contribution < -0.4 is 5.32 Å². The van der Waals surface area contributed by atoms with Gasteiger partial charge in [-0.25, -0.2) is 4.79 Å². The van der Waals surface area contributed by atoms with Gasteiger partial charge in [-0.3, -0.25) is 14.4 Å². The molecule has 3 atom stereocenters. The number of anilines is 1. The molecule has 0 spiro atoms. The molecular weight excluding hydrogens is 653 g/mol. The summed E-state index contributed by atoms with van der Waals surface area (Å²) in [5.74, 6) is -1.19. The number of amides is 4. The fraction of sp³-hybridized carbons (Fsp3) is 0.333. The highest BCUT2D eigenvalue weighted by atomic mass is 35.5. The van der Waals surface area contributed by atoms with Crippen molar-refractivity contribution in [2.45, 2.75) is 50.9 Å². The minimum absolute atomic E-state index is 0.172. The normalized spacial score (nSPS) is 20.5. The van der Waals surface area contributed by atoms with Gasteiger partial charge < -0.3 is 29.7 Å². The van der Waals surface area contributed by atoms with Crippen LogP contribution in [0.1, 0.15) is 36.1 Å². The van der Waals surface area contributed by atoms with Crippen molar-refractivity contribution in [3.05, 3.63) is 99.7 Å². The number of urea groups is 1. The molecule has 2 N–H and O–H groups in total. The number of ether oxygens (including phenoxy) is 1. The first-order valence-electron chi connectivity index (χ1n) is 16.2. The molecule has 4 amide bonds. The highest BCUT2D eigenvalue weighted by Crippen LogP contribution is 2.34. The maximum absolute atomic E-state index is 14.5. The lowest BCUT2D eigenvalue weighted by atomic mass is 9.95. The third-order valence-corrected chi connectivity index (χ3v) is 10.3. The van der Waals surface area contributed by atoms with Gasteiger partial charge in [0.1, 0.15) is 18.7 Å². The van der Waals surface area contributed by atoms with Gasteiger partial charge in [0.25, 0.3) is 0 Å². The minimum atomic E-state index is -0.841. The van der Waals surface area contributed by atoms with E-state index in [1.165, 1.54) is 4.90 Å². The van der Waals surface area contributed by atoms with Gasteiger partial charge in [0.05, 0.1) is 22.5 Å². The number of nitrogens with one attached hydrogen (secondary N) is 2. The third kappa shape index (κ3) is 6.34. The number of carbonyl (C=O) groups is 4. The summed E-state index contributed by atoms with van der Waals surface area (Å²) in [6, 6.07) is 20.2. The molecule has 3 aromatic carbocycles. The molecule has 10 nitrogen and oxygen atoms in total. The number of aromatic nitrogens is 1. The van der Waals surface area contributed by atoms with E-state index in [1.807, 2.05) is 54.6 Å². The van der Waals surface area contributed by atoms with Gasteiger partial charge in [0, 0.05) is 48.3 Å². The maximum atomic E-state index is 14.5. The summed E-state index contributed by atoms with van der Waals surface area (Å²) >= 11 is 12.3. The number of aromatic amines is 1. The number of likely N-dealkylation sites (tertiary alicyclic amines) is 2. The average molecular weight is 689 g/mol. The summed E-state index contributed by atoms with van der Waals surface area (Å²) in [7, 11) is 0. The Balaban J connectivity index is 1.08. The summed E-state index contributed by atoms with van der Waals surface area (Å²) in [6.07, 6.45) is 1.99. The Morgan fingerprint density at radius 2 is 1.65 bits per heavy atom. The zero-order chi connectivity index (χ0) is 33.4. The van der Waals surface area contributed by atoms with Crippen LogP contribution in [-0.2, 0) is 38.7 Å². The van der Waals surface area contributed by atoms with Crippen molar-refractivity contribution >= 4 is 63.6 Å². The van der Waals surface area contributed by atoms with Crippen molar-refractivity contribution in [1.82, 2.24) is 19.7 Å².